The van der Waals surface area contributed by atoms with Crippen molar-refractivity contribution in [3.05, 3.63) is 35.6 Å². The van der Waals surface area contributed by atoms with Gasteiger partial charge in [-0.2, -0.15) is 0 Å². The zero-order chi connectivity index (χ0) is 20.3. The lowest BCUT2D eigenvalue weighted by Crippen LogP contribution is -2.56. The third-order valence-corrected chi connectivity index (χ3v) is 7.44. The molecule has 0 aliphatic carbocycles. The lowest BCUT2D eigenvalue weighted by molar-refractivity contribution is -0.139. The average molecular weight is 398 g/mol. The Morgan fingerprint density at radius 2 is 2.17 bits per heavy atom. The van der Waals surface area contributed by atoms with E-state index in [9.17, 15) is 9.59 Å². The van der Waals surface area contributed by atoms with Gasteiger partial charge in [0.2, 0.25) is 5.91 Å². The summed E-state index contributed by atoms with van der Waals surface area (Å²) < 4.78 is 16.1. The number of amides is 1. The highest BCUT2D eigenvalue weighted by Gasteiger charge is 2.61. The lowest BCUT2D eigenvalue weighted by atomic mass is 9.66. The molecule has 4 heterocycles. The van der Waals surface area contributed by atoms with Crippen molar-refractivity contribution in [2.45, 2.75) is 37.3 Å². The Hall–Kier alpha value is -2.54. The first-order valence-electron chi connectivity index (χ1n) is 10.2. The number of hydrogen-bond acceptors (Lipinski definition) is 6. The van der Waals surface area contributed by atoms with Crippen molar-refractivity contribution in [1.82, 2.24) is 4.90 Å². The second kappa shape index (κ2) is 6.49. The average Bonchev–Trinajstić information content (AvgIpc) is 3.25. The van der Waals surface area contributed by atoms with Crippen LogP contribution < -0.4 is 10.1 Å². The fourth-order valence-corrected chi connectivity index (χ4v) is 5.93. The Kier molecular flexibility index (Phi) is 4.13. The topological polar surface area (TPSA) is 77.1 Å². The fraction of sp³-hybridized carbons (Fsp3) is 0.545. The number of nitrogens with zero attached hydrogens (tertiary/aromatic N) is 1. The largest absolute Gasteiger partial charge is 0.497 e. The smallest absolute Gasteiger partial charge is 0.337 e. The number of esters is 1. The summed E-state index contributed by atoms with van der Waals surface area (Å²) in [4.78, 5) is 28.1. The van der Waals surface area contributed by atoms with E-state index in [1.165, 1.54) is 7.11 Å². The molecule has 0 saturated carbocycles. The maximum Gasteiger partial charge on any atom is 0.337 e. The van der Waals surface area contributed by atoms with E-state index in [2.05, 4.69) is 17.1 Å². The number of nitrogens with one attached hydrogen (secondary N) is 1. The van der Waals surface area contributed by atoms with Crippen molar-refractivity contribution in [3.8, 4) is 5.75 Å². The molecule has 1 aromatic rings. The summed E-state index contributed by atoms with van der Waals surface area (Å²) in [6.45, 7) is 3.72. The Balaban J connectivity index is 1.54. The standard InChI is InChI=1S/C22H26N2O5/c1-12-15-10-24-7-6-22(17-5-4-13(27-2)8-18(17)23-21(22)26)19(24)9-14(15)16(11-29-12)20(25)28-3/h4-5,8,11-12,14-15,19H,6-7,9-10H2,1-3H3,(H,23,26). The van der Waals surface area contributed by atoms with E-state index in [-0.39, 0.29) is 35.9 Å². The molecular formula is C22H26N2O5. The first-order valence-corrected chi connectivity index (χ1v) is 10.2. The van der Waals surface area contributed by atoms with Crippen LogP contribution in [0.3, 0.4) is 0 Å². The quantitative estimate of drug-likeness (QED) is 0.769. The molecular weight excluding hydrogens is 372 g/mol. The predicted octanol–water partition coefficient (Wildman–Crippen LogP) is 2.07. The van der Waals surface area contributed by atoms with Crippen LogP contribution >= 0.6 is 0 Å². The number of hydrogen-bond donors (Lipinski definition) is 1. The number of carbonyl (C=O) groups is 2. The highest BCUT2D eigenvalue weighted by molar-refractivity contribution is 6.07. The zero-order valence-electron chi connectivity index (χ0n) is 16.9. The van der Waals surface area contributed by atoms with Crippen molar-refractivity contribution in [2.75, 3.05) is 32.6 Å². The highest BCUT2D eigenvalue weighted by Crippen LogP contribution is 2.54. The summed E-state index contributed by atoms with van der Waals surface area (Å²) in [7, 11) is 3.02. The van der Waals surface area contributed by atoms with Gasteiger partial charge in [-0.15, -0.1) is 0 Å². The maximum atomic E-state index is 13.3. The van der Waals surface area contributed by atoms with Crippen molar-refractivity contribution in [1.29, 1.82) is 0 Å². The fourth-order valence-electron chi connectivity index (χ4n) is 5.93. The van der Waals surface area contributed by atoms with E-state index in [0.717, 1.165) is 42.9 Å². The van der Waals surface area contributed by atoms with Gasteiger partial charge in [-0.3, -0.25) is 9.69 Å². The number of piperidine rings is 1. The molecule has 7 nitrogen and oxygen atoms in total. The van der Waals surface area contributed by atoms with Crippen molar-refractivity contribution >= 4 is 17.6 Å². The Labute approximate surface area is 170 Å². The van der Waals surface area contributed by atoms with Crippen molar-refractivity contribution in [2.24, 2.45) is 11.8 Å². The molecule has 1 amide bonds. The van der Waals surface area contributed by atoms with Crippen molar-refractivity contribution in [3.63, 3.8) is 0 Å². The Morgan fingerprint density at radius 3 is 2.93 bits per heavy atom. The zero-order valence-corrected chi connectivity index (χ0v) is 16.9. The number of anilines is 1. The van der Waals surface area contributed by atoms with E-state index in [1.54, 1.807) is 13.4 Å². The van der Waals surface area contributed by atoms with E-state index < -0.39 is 5.41 Å². The number of carbonyl (C=O) groups excluding carboxylic acids is 2. The van der Waals surface area contributed by atoms with Crippen LogP contribution in [0, 0.1) is 11.8 Å². The summed E-state index contributed by atoms with van der Waals surface area (Å²) in [5.74, 6) is 0.676. The SMILES string of the molecule is COC(=O)C1=COC(C)C2CN3CCC4(C(=O)Nc5cc(OC)ccc54)C3CC12. The van der Waals surface area contributed by atoms with E-state index >= 15 is 0 Å². The molecule has 1 N–H and O–H groups in total. The van der Waals surface area contributed by atoms with Crippen LogP contribution in [0.1, 0.15) is 25.3 Å². The van der Waals surface area contributed by atoms with Crippen LogP contribution in [0.4, 0.5) is 5.69 Å². The molecule has 1 aromatic carbocycles. The molecule has 154 valence electrons. The molecule has 5 rings (SSSR count). The van der Waals surface area contributed by atoms with Crippen molar-refractivity contribution < 1.29 is 23.8 Å². The number of fused-ring (bicyclic) bond motifs is 5. The molecule has 5 unspecified atom stereocenters. The number of methoxy groups -OCH3 is 2. The summed E-state index contributed by atoms with van der Waals surface area (Å²) in [6, 6.07) is 5.88. The van der Waals surface area contributed by atoms with Gasteiger partial charge in [0.15, 0.2) is 0 Å². The molecule has 4 aliphatic heterocycles. The van der Waals surface area contributed by atoms with Crippen LogP contribution in [0.25, 0.3) is 0 Å². The van der Waals surface area contributed by atoms with E-state index in [4.69, 9.17) is 14.2 Å². The van der Waals surface area contributed by atoms with Gasteiger partial charge in [0.05, 0.1) is 37.6 Å². The van der Waals surface area contributed by atoms with E-state index in [0.29, 0.717) is 5.57 Å². The third kappa shape index (κ3) is 2.46. The first-order chi connectivity index (χ1) is 14.0. The molecule has 1 spiro atoms. The number of rotatable bonds is 2. The highest BCUT2D eigenvalue weighted by atomic mass is 16.5. The maximum absolute atomic E-state index is 13.3. The first kappa shape index (κ1) is 18.5. The molecule has 0 radical (unpaired) electrons. The minimum absolute atomic E-state index is 0.0255. The van der Waals surface area contributed by atoms with E-state index in [1.807, 2.05) is 18.2 Å². The van der Waals surface area contributed by atoms with Gasteiger partial charge < -0.3 is 19.5 Å². The summed E-state index contributed by atoms with van der Waals surface area (Å²) in [6.07, 6.45) is 3.11. The third-order valence-electron chi connectivity index (χ3n) is 7.44. The lowest BCUT2D eigenvalue weighted by Gasteiger charge is -2.48. The second-order valence-electron chi connectivity index (χ2n) is 8.51. The van der Waals surface area contributed by atoms with Gasteiger partial charge in [0, 0.05) is 36.2 Å². The van der Waals surface area contributed by atoms with Crippen LogP contribution in [-0.4, -0.2) is 56.2 Å². The van der Waals surface area contributed by atoms with Gasteiger partial charge in [-0.25, -0.2) is 4.79 Å². The summed E-state index contributed by atoms with van der Waals surface area (Å²) in [5.41, 5.74) is 1.88. The molecule has 4 aliphatic rings. The molecule has 29 heavy (non-hydrogen) atoms. The summed E-state index contributed by atoms with van der Waals surface area (Å²) in [5, 5.41) is 3.09. The second-order valence-corrected chi connectivity index (χ2v) is 8.51. The molecule has 2 saturated heterocycles. The van der Waals surface area contributed by atoms with Crippen LogP contribution in [0.2, 0.25) is 0 Å². The molecule has 7 heteroatoms. The van der Waals surface area contributed by atoms with Gasteiger partial charge in [0.25, 0.3) is 0 Å². The van der Waals surface area contributed by atoms with Gasteiger partial charge in [0.1, 0.15) is 5.75 Å². The molecule has 2 fully saturated rings. The van der Waals surface area contributed by atoms with Gasteiger partial charge in [-0.1, -0.05) is 6.07 Å². The molecule has 5 atom stereocenters. The monoisotopic (exact) mass is 398 g/mol. The minimum atomic E-state index is -0.588. The number of ether oxygens (including phenoxy) is 3. The Bertz CT molecular complexity index is 912. The predicted molar refractivity (Wildman–Crippen MR) is 106 cm³/mol. The Morgan fingerprint density at radius 1 is 1.34 bits per heavy atom. The van der Waals surface area contributed by atoms with Crippen LogP contribution in [0.5, 0.6) is 5.75 Å². The number of benzene rings is 1. The van der Waals surface area contributed by atoms with Crippen LogP contribution in [-0.2, 0) is 24.5 Å². The van der Waals surface area contributed by atoms with Crippen LogP contribution in [0.15, 0.2) is 30.0 Å². The molecule has 0 bridgehead atoms. The normalized spacial score (nSPS) is 35.1. The van der Waals surface area contributed by atoms with Gasteiger partial charge >= 0.3 is 5.97 Å². The summed E-state index contributed by atoms with van der Waals surface area (Å²) >= 11 is 0. The minimum Gasteiger partial charge on any atom is -0.497 e. The molecule has 0 aromatic heterocycles. The van der Waals surface area contributed by atoms with Gasteiger partial charge in [-0.05, 0) is 37.9 Å².